The number of carboxylic acids is 1. The molecule has 0 bridgehead atoms. The summed E-state index contributed by atoms with van der Waals surface area (Å²) in [5.74, 6) is -2.08. The SMILES string of the molecule is CC(C)n1cc(NC(=O)C2CCCC2C(=O)O)cn1. The molecule has 2 N–H and O–H groups in total. The van der Waals surface area contributed by atoms with Gasteiger partial charge in [-0.1, -0.05) is 6.42 Å². The summed E-state index contributed by atoms with van der Waals surface area (Å²) in [6, 6.07) is 0.226. The zero-order valence-corrected chi connectivity index (χ0v) is 11.2. The normalized spacial score (nSPS) is 22.7. The quantitative estimate of drug-likeness (QED) is 0.870. The number of carbonyl (C=O) groups is 2. The third-order valence-electron chi connectivity index (χ3n) is 3.57. The van der Waals surface area contributed by atoms with Crippen LogP contribution < -0.4 is 5.32 Å². The minimum Gasteiger partial charge on any atom is -0.481 e. The number of amides is 1. The standard InChI is InChI=1S/C13H19N3O3/c1-8(2)16-7-9(6-14-16)15-12(17)10-4-3-5-11(10)13(18)19/h6-8,10-11H,3-5H2,1-2H3,(H,15,17)(H,18,19). The Morgan fingerprint density at radius 1 is 1.42 bits per heavy atom. The first-order chi connectivity index (χ1) is 8.99. The van der Waals surface area contributed by atoms with E-state index in [1.165, 1.54) is 0 Å². The molecule has 104 valence electrons. The fourth-order valence-corrected chi connectivity index (χ4v) is 2.49. The van der Waals surface area contributed by atoms with Crippen LogP contribution >= 0.6 is 0 Å². The fraction of sp³-hybridized carbons (Fsp3) is 0.615. The van der Waals surface area contributed by atoms with Gasteiger partial charge in [0.15, 0.2) is 0 Å². The highest BCUT2D eigenvalue weighted by Gasteiger charge is 2.37. The van der Waals surface area contributed by atoms with Crippen LogP contribution in [0, 0.1) is 11.8 Å². The van der Waals surface area contributed by atoms with Gasteiger partial charge >= 0.3 is 5.97 Å². The summed E-state index contributed by atoms with van der Waals surface area (Å²) in [4.78, 5) is 23.2. The molecular formula is C13H19N3O3. The van der Waals surface area contributed by atoms with Gasteiger partial charge in [0, 0.05) is 12.2 Å². The van der Waals surface area contributed by atoms with Gasteiger partial charge in [-0.3, -0.25) is 14.3 Å². The molecule has 2 atom stereocenters. The molecule has 1 aromatic rings. The number of nitrogens with one attached hydrogen (secondary N) is 1. The summed E-state index contributed by atoms with van der Waals surface area (Å²) in [7, 11) is 0. The molecule has 1 amide bonds. The van der Waals surface area contributed by atoms with Gasteiger partial charge in [-0.05, 0) is 26.7 Å². The van der Waals surface area contributed by atoms with Crippen molar-refractivity contribution in [2.75, 3.05) is 5.32 Å². The largest absolute Gasteiger partial charge is 0.481 e. The number of aromatic nitrogens is 2. The second kappa shape index (κ2) is 5.42. The molecule has 6 nitrogen and oxygen atoms in total. The highest BCUT2D eigenvalue weighted by molar-refractivity contribution is 5.95. The zero-order valence-electron chi connectivity index (χ0n) is 11.2. The topological polar surface area (TPSA) is 84.2 Å². The van der Waals surface area contributed by atoms with Crippen LogP contribution in [-0.4, -0.2) is 26.8 Å². The van der Waals surface area contributed by atoms with Crippen LogP contribution in [0.5, 0.6) is 0 Å². The van der Waals surface area contributed by atoms with Gasteiger partial charge in [-0.15, -0.1) is 0 Å². The van der Waals surface area contributed by atoms with Crippen molar-refractivity contribution < 1.29 is 14.7 Å². The van der Waals surface area contributed by atoms with E-state index in [0.717, 1.165) is 6.42 Å². The first-order valence-electron chi connectivity index (χ1n) is 6.57. The van der Waals surface area contributed by atoms with Crippen LogP contribution in [0.3, 0.4) is 0 Å². The average Bonchev–Trinajstić information content (AvgIpc) is 2.96. The summed E-state index contributed by atoms with van der Waals surface area (Å²) in [6.45, 7) is 3.99. The number of nitrogens with zero attached hydrogens (tertiary/aromatic N) is 2. The lowest BCUT2D eigenvalue weighted by Crippen LogP contribution is -2.29. The van der Waals surface area contributed by atoms with Crippen molar-refractivity contribution in [2.45, 2.75) is 39.2 Å². The van der Waals surface area contributed by atoms with Crippen LogP contribution in [0.25, 0.3) is 0 Å². The second-order valence-electron chi connectivity index (χ2n) is 5.27. The molecular weight excluding hydrogens is 246 g/mol. The van der Waals surface area contributed by atoms with Crippen LogP contribution in [0.4, 0.5) is 5.69 Å². The summed E-state index contributed by atoms with van der Waals surface area (Å²) in [5, 5.41) is 16.0. The van der Waals surface area contributed by atoms with Crippen molar-refractivity contribution in [3.63, 3.8) is 0 Å². The number of aliphatic carboxylic acids is 1. The number of hydrogen-bond donors (Lipinski definition) is 2. The lowest BCUT2D eigenvalue weighted by atomic mass is 9.95. The lowest BCUT2D eigenvalue weighted by Gasteiger charge is -2.14. The Morgan fingerprint density at radius 2 is 2.11 bits per heavy atom. The van der Waals surface area contributed by atoms with E-state index < -0.39 is 17.8 Å². The van der Waals surface area contributed by atoms with Crippen LogP contribution in [0.15, 0.2) is 12.4 Å². The van der Waals surface area contributed by atoms with E-state index >= 15 is 0 Å². The molecule has 0 radical (unpaired) electrons. The molecule has 2 unspecified atom stereocenters. The Kier molecular flexibility index (Phi) is 3.87. The lowest BCUT2D eigenvalue weighted by molar-refractivity contribution is -0.145. The number of rotatable bonds is 4. The molecule has 1 aliphatic carbocycles. The molecule has 1 aliphatic rings. The first kappa shape index (κ1) is 13.6. The minimum absolute atomic E-state index is 0.215. The number of hydrogen-bond acceptors (Lipinski definition) is 3. The molecule has 0 aromatic carbocycles. The third-order valence-corrected chi connectivity index (χ3v) is 3.57. The van der Waals surface area contributed by atoms with Crippen molar-refractivity contribution >= 4 is 17.6 Å². The van der Waals surface area contributed by atoms with Gasteiger partial charge in [-0.25, -0.2) is 0 Å². The molecule has 19 heavy (non-hydrogen) atoms. The van der Waals surface area contributed by atoms with Crippen LogP contribution in [0.1, 0.15) is 39.2 Å². The maximum absolute atomic E-state index is 12.1. The van der Waals surface area contributed by atoms with Crippen molar-refractivity contribution in [2.24, 2.45) is 11.8 Å². The summed E-state index contributed by atoms with van der Waals surface area (Å²) in [5.41, 5.74) is 0.620. The molecule has 0 saturated heterocycles. The van der Waals surface area contributed by atoms with E-state index in [1.54, 1.807) is 17.1 Å². The van der Waals surface area contributed by atoms with Crippen molar-refractivity contribution in [3.8, 4) is 0 Å². The third kappa shape index (κ3) is 2.94. The van der Waals surface area contributed by atoms with Crippen LogP contribution in [0.2, 0.25) is 0 Å². The maximum atomic E-state index is 12.1. The van der Waals surface area contributed by atoms with Crippen LogP contribution in [-0.2, 0) is 9.59 Å². The monoisotopic (exact) mass is 265 g/mol. The molecule has 0 aliphatic heterocycles. The van der Waals surface area contributed by atoms with Crippen molar-refractivity contribution in [1.82, 2.24) is 9.78 Å². The first-order valence-corrected chi connectivity index (χ1v) is 6.57. The van der Waals surface area contributed by atoms with E-state index in [2.05, 4.69) is 10.4 Å². The highest BCUT2D eigenvalue weighted by atomic mass is 16.4. The Hall–Kier alpha value is -1.85. The second-order valence-corrected chi connectivity index (χ2v) is 5.27. The Balaban J connectivity index is 2.02. The summed E-state index contributed by atoms with van der Waals surface area (Å²) < 4.78 is 1.75. The van der Waals surface area contributed by atoms with Gasteiger partial charge in [0.1, 0.15) is 0 Å². The predicted molar refractivity (Wildman–Crippen MR) is 69.7 cm³/mol. The van der Waals surface area contributed by atoms with Gasteiger partial charge in [0.05, 0.1) is 23.7 Å². The van der Waals surface area contributed by atoms with Crippen molar-refractivity contribution in [1.29, 1.82) is 0 Å². The van der Waals surface area contributed by atoms with E-state index in [1.807, 2.05) is 13.8 Å². The number of carbonyl (C=O) groups excluding carboxylic acids is 1. The zero-order chi connectivity index (χ0) is 14.0. The molecule has 1 saturated carbocycles. The number of anilines is 1. The summed E-state index contributed by atoms with van der Waals surface area (Å²) in [6.07, 6.45) is 5.36. The Bertz CT molecular complexity index is 481. The van der Waals surface area contributed by atoms with Crippen molar-refractivity contribution in [3.05, 3.63) is 12.4 Å². The van der Waals surface area contributed by atoms with Gasteiger partial charge < -0.3 is 10.4 Å². The van der Waals surface area contributed by atoms with E-state index in [4.69, 9.17) is 5.11 Å². The molecule has 2 rings (SSSR count). The van der Waals surface area contributed by atoms with E-state index in [-0.39, 0.29) is 11.9 Å². The molecule has 0 spiro atoms. The Labute approximate surface area is 111 Å². The smallest absolute Gasteiger partial charge is 0.307 e. The summed E-state index contributed by atoms with van der Waals surface area (Å²) >= 11 is 0. The molecule has 1 aromatic heterocycles. The number of carboxylic acid groups (broad SMARTS) is 1. The van der Waals surface area contributed by atoms with Gasteiger partial charge in [0.25, 0.3) is 0 Å². The minimum atomic E-state index is -0.879. The van der Waals surface area contributed by atoms with Gasteiger partial charge in [0.2, 0.25) is 5.91 Å². The fourth-order valence-electron chi connectivity index (χ4n) is 2.49. The molecule has 6 heteroatoms. The van der Waals surface area contributed by atoms with E-state index in [9.17, 15) is 9.59 Å². The maximum Gasteiger partial charge on any atom is 0.307 e. The van der Waals surface area contributed by atoms with Gasteiger partial charge in [-0.2, -0.15) is 5.10 Å². The Morgan fingerprint density at radius 3 is 2.68 bits per heavy atom. The predicted octanol–water partition coefficient (Wildman–Crippen LogP) is 1.90. The van der Waals surface area contributed by atoms with E-state index in [0.29, 0.717) is 18.5 Å². The average molecular weight is 265 g/mol. The molecule has 1 fully saturated rings. The molecule has 1 heterocycles. The highest BCUT2D eigenvalue weighted by Crippen LogP contribution is 2.32.